The van der Waals surface area contributed by atoms with Gasteiger partial charge in [-0.1, -0.05) is 27.7 Å². The Hall–Kier alpha value is -0.860. The standard InChI is InChI=1S/C12H20O3/c1-5-8-7(2)10(11(14)15)12(3,4)6-9(8)13/h7-8,10H,5-6H2,1-4H3,(H,14,15)/t7-,8-,10+/m0/s1. The van der Waals surface area contributed by atoms with Gasteiger partial charge in [0.25, 0.3) is 0 Å². The molecule has 0 radical (unpaired) electrons. The zero-order valence-corrected chi connectivity index (χ0v) is 9.91. The quantitative estimate of drug-likeness (QED) is 0.764. The van der Waals surface area contributed by atoms with Gasteiger partial charge >= 0.3 is 5.97 Å². The molecule has 86 valence electrons. The van der Waals surface area contributed by atoms with E-state index in [4.69, 9.17) is 0 Å². The van der Waals surface area contributed by atoms with E-state index in [-0.39, 0.29) is 17.6 Å². The molecule has 0 amide bonds. The first-order valence-corrected chi connectivity index (χ1v) is 5.56. The molecule has 0 aromatic carbocycles. The van der Waals surface area contributed by atoms with Gasteiger partial charge in [0.2, 0.25) is 0 Å². The van der Waals surface area contributed by atoms with Crippen LogP contribution in [0.2, 0.25) is 0 Å². The summed E-state index contributed by atoms with van der Waals surface area (Å²) in [5.41, 5.74) is -0.409. The molecule has 0 bridgehead atoms. The molecular formula is C12H20O3. The number of hydrogen-bond acceptors (Lipinski definition) is 2. The van der Waals surface area contributed by atoms with Gasteiger partial charge in [0.05, 0.1) is 5.92 Å². The Morgan fingerprint density at radius 3 is 2.47 bits per heavy atom. The molecule has 1 rings (SSSR count). The normalized spacial score (nSPS) is 35.2. The third-order valence-corrected chi connectivity index (χ3v) is 3.75. The van der Waals surface area contributed by atoms with Crippen LogP contribution in [0.1, 0.15) is 40.5 Å². The largest absolute Gasteiger partial charge is 0.481 e. The second-order valence-electron chi connectivity index (χ2n) is 5.32. The smallest absolute Gasteiger partial charge is 0.307 e. The van der Waals surface area contributed by atoms with E-state index in [9.17, 15) is 14.7 Å². The van der Waals surface area contributed by atoms with Gasteiger partial charge in [-0.25, -0.2) is 0 Å². The van der Waals surface area contributed by atoms with Crippen LogP contribution in [-0.4, -0.2) is 16.9 Å². The SMILES string of the molecule is CC[C@@H]1C(=O)CC(C)(C)[C@@H](C(=O)O)[C@H]1C. The van der Waals surface area contributed by atoms with Crippen LogP contribution in [0.4, 0.5) is 0 Å². The number of carbonyl (C=O) groups is 2. The Kier molecular flexibility index (Phi) is 3.22. The van der Waals surface area contributed by atoms with Crippen LogP contribution >= 0.6 is 0 Å². The second-order valence-corrected chi connectivity index (χ2v) is 5.32. The van der Waals surface area contributed by atoms with Crippen LogP contribution in [0.5, 0.6) is 0 Å². The molecule has 0 aromatic rings. The Morgan fingerprint density at radius 1 is 1.53 bits per heavy atom. The van der Waals surface area contributed by atoms with Crippen LogP contribution in [0.15, 0.2) is 0 Å². The van der Waals surface area contributed by atoms with Crippen LogP contribution in [0, 0.1) is 23.2 Å². The summed E-state index contributed by atoms with van der Waals surface area (Å²) in [5, 5.41) is 9.23. The number of rotatable bonds is 2. The highest BCUT2D eigenvalue weighted by molar-refractivity contribution is 5.86. The number of ketones is 1. The van der Waals surface area contributed by atoms with Crippen molar-refractivity contribution >= 4 is 11.8 Å². The molecule has 1 saturated carbocycles. The molecule has 1 fully saturated rings. The minimum Gasteiger partial charge on any atom is -0.481 e. The van der Waals surface area contributed by atoms with Gasteiger partial charge in [-0.3, -0.25) is 9.59 Å². The maximum Gasteiger partial charge on any atom is 0.307 e. The Balaban J connectivity index is 3.03. The minimum atomic E-state index is -0.765. The molecule has 1 aliphatic carbocycles. The summed E-state index contributed by atoms with van der Waals surface area (Å²) >= 11 is 0. The predicted molar refractivity (Wildman–Crippen MR) is 57.5 cm³/mol. The van der Waals surface area contributed by atoms with Gasteiger partial charge in [0.15, 0.2) is 0 Å². The van der Waals surface area contributed by atoms with Crippen LogP contribution in [-0.2, 0) is 9.59 Å². The molecule has 0 unspecified atom stereocenters. The molecule has 0 aliphatic heterocycles. The lowest BCUT2D eigenvalue weighted by molar-refractivity contribution is -0.156. The summed E-state index contributed by atoms with van der Waals surface area (Å²) in [4.78, 5) is 23.1. The van der Waals surface area contributed by atoms with Gasteiger partial charge in [-0.05, 0) is 17.8 Å². The van der Waals surface area contributed by atoms with E-state index in [1.54, 1.807) is 0 Å². The lowest BCUT2D eigenvalue weighted by atomic mass is 9.59. The molecule has 0 saturated heterocycles. The number of Topliss-reactive ketones (excluding diaryl/α,β-unsaturated/α-hetero) is 1. The van der Waals surface area contributed by atoms with Crippen molar-refractivity contribution in [2.45, 2.75) is 40.5 Å². The summed E-state index contributed by atoms with van der Waals surface area (Å²) in [6.45, 7) is 7.61. The van der Waals surface area contributed by atoms with Crippen molar-refractivity contribution in [2.24, 2.45) is 23.2 Å². The summed E-state index contributed by atoms with van der Waals surface area (Å²) in [6.07, 6.45) is 1.15. The van der Waals surface area contributed by atoms with Crippen molar-refractivity contribution in [3.05, 3.63) is 0 Å². The monoisotopic (exact) mass is 212 g/mol. The lowest BCUT2D eigenvalue weighted by Crippen LogP contribution is -2.47. The minimum absolute atomic E-state index is 0.0521. The average molecular weight is 212 g/mol. The zero-order valence-electron chi connectivity index (χ0n) is 9.91. The molecule has 15 heavy (non-hydrogen) atoms. The highest BCUT2D eigenvalue weighted by Crippen LogP contribution is 2.45. The molecule has 3 heteroatoms. The average Bonchev–Trinajstić information content (AvgIpc) is 2.00. The Labute approximate surface area is 90.9 Å². The van der Waals surface area contributed by atoms with Crippen LogP contribution in [0.3, 0.4) is 0 Å². The Morgan fingerprint density at radius 2 is 2.07 bits per heavy atom. The Bertz CT molecular complexity index is 281. The van der Waals surface area contributed by atoms with E-state index in [0.29, 0.717) is 6.42 Å². The summed E-state index contributed by atoms with van der Waals surface area (Å²) < 4.78 is 0. The van der Waals surface area contributed by atoms with E-state index >= 15 is 0 Å². The van der Waals surface area contributed by atoms with E-state index < -0.39 is 17.3 Å². The topological polar surface area (TPSA) is 54.4 Å². The number of aliphatic carboxylic acids is 1. The highest BCUT2D eigenvalue weighted by Gasteiger charge is 2.48. The van der Waals surface area contributed by atoms with Gasteiger partial charge in [0.1, 0.15) is 5.78 Å². The van der Waals surface area contributed by atoms with Gasteiger partial charge in [0, 0.05) is 12.3 Å². The maximum atomic E-state index is 11.8. The van der Waals surface area contributed by atoms with Gasteiger partial charge in [-0.15, -0.1) is 0 Å². The molecular weight excluding hydrogens is 192 g/mol. The molecule has 0 spiro atoms. The summed E-state index contributed by atoms with van der Waals surface area (Å²) in [6, 6.07) is 0. The third-order valence-electron chi connectivity index (χ3n) is 3.75. The highest BCUT2D eigenvalue weighted by atomic mass is 16.4. The first kappa shape index (κ1) is 12.2. The van der Waals surface area contributed by atoms with E-state index in [1.807, 2.05) is 27.7 Å². The first-order chi connectivity index (χ1) is 6.81. The fraction of sp³-hybridized carbons (Fsp3) is 0.833. The number of carboxylic acids is 1. The summed E-state index contributed by atoms with van der Waals surface area (Å²) in [5.74, 6) is -1.06. The number of carbonyl (C=O) groups excluding carboxylic acids is 1. The van der Waals surface area contributed by atoms with Gasteiger partial charge < -0.3 is 5.11 Å². The number of carboxylic acid groups (broad SMARTS) is 1. The van der Waals surface area contributed by atoms with Crippen molar-refractivity contribution in [3.8, 4) is 0 Å². The second kappa shape index (κ2) is 3.95. The third kappa shape index (κ3) is 2.06. The van der Waals surface area contributed by atoms with E-state index in [1.165, 1.54) is 0 Å². The molecule has 3 nitrogen and oxygen atoms in total. The van der Waals surface area contributed by atoms with Crippen molar-refractivity contribution < 1.29 is 14.7 Å². The van der Waals surface area contributed by atoms with Crippen LogP contribution in [0.25, 0.3) is 0 Å². The van der Waals surface area contributed by atoms with Crippen LogP contribution < -0.4 is 0 Å². The fourth-order valence-corrected chi connectivity index (χ4v) is 3.09. The first-order valence-electron chi connectivity index (χ1n) is 5.56. The predicted octanol–water partition coefficient (Wildman–Crippen LogP) is 2.35. The molecule has 0 heterocycles. The zero-order chi connectivity index (χ0) is 11.8. The molecule has 1 N–H and O–H groups in total. The van der Waals surface area contributed by atoms with Crippen molar-refractivity contribution in [2.75, 3.05) is 0 Å². The van der Waals surface area contributed by atoms with E-state index in [0.717, 1.165) is 6.42 Å². The molecule has 1 aliphatic rings. The fourth-order valence-electron chi connectivity index (χ4n) is 3.09. The lowest BCUT2D eigenvalue weighted by Gasteiger charge is -2.43. The molecule has 0 aromatic heterocycles. The van der Waals surface area contributed by atoms with E-state index in [2.05, 4.69) is 0 Å². The molecule has 3 atom stereocenters. The summed E-state index contributed by atoms with van der Waals surface area (Å²) in [7, 11) is 0. The maximum absolute atomic E-state index is 11.8. The van der Waals surface area contributed by atoms with Gasteiger partial charge in [-0.2, -0.15) is 0 Å². The van der Waals surface area contributed by atoms with Crippen molar-refractivity contribution in [3.63, 3.8) is 0 Å². The van der Waals surface area contributed by atoms with Crippen molar-refractivity contribution in [1.29, 1.82) is 0 Å². The van der Waals surface area contributed by atoms with Crippen molar-refractivity contribution in [1.82, 2.24) is 0 Å². The number of hydrogen-bond donors (Lipinski definition) is 1.